The molecular formula is C34H48N3O5-. The molecule has 0 saturated heterocycles. The molecule has 0 bridgehead atoms. The second-order valence-corrected chi connectivity index (χ2v) is 12.0. The Labute approximate surface area is 250 Å². The Bertz CT molecular complexity index is 1200. The number of anilines is 1. The number of phenolic OH excluding ortho intramolecular Hbond substituents is 1. The van der Waals surface area contributed by atoms with Crippen LogP contribution < -0.4 is 15.5 Å². The zero-order valence-corrected chi connectivity index (χ0v) is 24.8. The summed E-state index contributed by atoms with van der Waals surface area (Å²) in [4.78, 5) is 8.51. The maximum absolute atomic E-state index is 10.8. The molecule has 1 aliphatic carbocycles. The van der Waals surface area contributed by atoms with Gasteiger partial charge in [0.1, 0.15) is 11.9 Å². The summed E-state index contributed by atoms with van der Waals surface area (Å²) in [5, 5.41) is 42.3. The van der Waals surface area contributed by atoms with Gasteiger partial charge >= 0.3 is 0 Å². The van der Waals surface area contributed by atoms with E-state index in [4.69, 9.17) is 10.5 Å². The number of nitrogens with zero attached hydrogens (tertiary/aromatic N) is 2. The van der Waals surface area contributed by atoms with Crippen LogP contribution in [0.1, 0.15) is 87.4 Å². The third-order valence-corrected chi connectivity index (χ3v) is 8.95. The van der Waals surface area contributed by atoms with Crippen LogP contribution in [-0.2, 0) is 12.8 Å². The molecule has 1 fully saturated rings. The van der Waals surface area contributed by atoms with Crippen molar-refractivity contribution in [2.24, 2.45) is 11.8 Å². The zero-order chi connectivity index (χ0) is 29.9. The molecule has 230 valence electrons. The predicted octanol–water partition coefficient (Wildman–Crippen LogP) is 5.13. The van der Waals surface area contributed by atoms with Crippen LogP contribution in [0.15, 0.2) is 54.9 Å². The number of phenols is 1. The normalized spacial score (nSPS) is 20.4. The molecule has 1 saturated carbocycles. The number of pyridine rings is 1. The van der Waals surface area contributed by atoms with E-state index >= 15 is 0 Å². The third kappa shape index (κ3) is 9.48. The summed E-state index contributed by atoms with van der Waals surface area (Å²) in [6, 6.07) is 12.8. The van der Waals surface area contributed by atoms with Crippen LogP contribution in [0.3, 0.4) is 0 Å². The first kappa shape index (κ1) is 31.9. The Morgan fingerprint density at radius 2 is 1.93 bits per heavy atom. The summed E-state index contributed by atoms with van der Waals surface area (Å²) in [5.74, 6) is 1.71. The van der Waals surface area contributed by atoms with Crippen molar-refractivity contribution in [2.45, 2.75) is 102 Å². The van der Waals surface area contributed by atoms with Gasteiger partial charge in [0.2, 0.25) is 0 Å². The molecule has 4 rings (SSSR count). The fourth-order valence-electron chi connectivity index (χ4n) is 6.35. The number of ether oxygens (including phenoxy) is 1. The zero-order valence-electron chi connectivity index (χ0n) is 24.8. The molecule has 0 spiro atoms. The van der Waals surface area contributed by atoms with Crippen molar-refractivity contribution >= 4 is 5.82 Å². The van der Waals surface area contributed by atoms with E-state index in [9.17, 15) is 20.4 Å². The molecule has 0 amide bonds. The maximum Gasteiger partial charge on any atom is 0.161 e. The topological polar surface area (TPSA) is 143 Å². The molecule has 2 heterocycles. The molecule has 1 aromatic carbocycles. The minimum Gasteiger partial charge on any atom is -0.668 e. The number of nitrogen functional groups attached to an aromatic ring is 1. The van der Waals surface area contributed by atoms with Gasteiger partial charge in [-0.3, -0.25) is 0 Å². The first-order valence-electron chi connectivity index (χ1n) is 15.6. The summed E-state index contributed by atoms with van der Waals surface area (Å²) in [5.41, 5.74) is 8.78. The average molecular weight is 579 g/mol. The molecule has 6 atom stereocenters. The van der Waals surface area contributed by atoms with Crippen LogP contribution in [-0.4, -0.2) is 50.3 Å². The Hall–Kier alpha value is -3.07. The van der Waals surface area contributed by atoms with Crippen molar-refractivity contribution in [1.82, 2.24) is 9.97 Å². The number of aliphatic hydroxyl groups is 3. The van der Waals surface area contributed by atoms with E-state index in [0.29, 0.717) is 43.7 Å². The number of hydrogen-bond donors (Lipinski definition) is 5. The molecule has 1 aliphatic rings. The lowest BCUT2D eigenvalue weighted by molar-refractivity contribution is 0.0352. The Kier molecular flexibility index (Phi) is 12.1. The van der Waals surface area contributed by atoms with Gasteiger partial charge in [-0.1, -0.05) is 50.8 Å². The van der Waals surface area contributed by atoms with Crippen LogP contribution in [0.2, 0.25) is 0 Å². The summed E-state index contributed by atoms with van der Waals surface area (Å²) in [6.07, 6.45) is 11.2. The molecule has 8 heteroatoms. The van der Waals surface area contributed by atoms with E-state index in [2.05, 4.69) is 16.9 Å². The van der Waals surface area contributed by atoms with E-state index in [-0.39, 0.29) is 24.2 Å². The number of benzene rings is 1. The van der Waals surface area contributed by atoms with Gasteiger partial charge in [-0.05, 0) is 98.1 Å². The summed E-state index contributed by atoms with van der Waals surface area (Å²) in [6.45, 7) is 2.01. The fraction of sp³-hybridized carbons (Fsp3) is 0.559. The van der Waals surface area contributed by atoms with Gasteiger partial charge in [-0.25, -0.2) is 4.98 Å². The minimum atomic E-state index is -0.605. The Balaban J connectivity index is 1.34. The molecule has 8 nitrogen and oxygen atoms in total. The second-order valence-electron chi connectivity index (χ2n) is 12.0. The summed E-state index contributed by atoms with van der Waals surface area (Å²) in [7, 11) is 0. The average Bonchev–Trinajstić information content (AvgIpc) is 3.38. The number of aryl methyl sites for hydroxylation is 1. The lowest BCUT2D eigenvalue weighted by Crippen LogP contribution is -2.26. The van der Waals surface area contributed by atoms with Gasteiger partial charge in [-0.15, -0.1) is 0 Å². The van der Waals surface area contributed by atoms with Crippen molar-refractivity contribution in [3.63, 3.8) is 0 Å². The first-order chi connectivity index (χ1) is 20.3. The number of aromatic nitrogens is 2. The number of hydrogen-bond acceptors (Lipinski definition) is 7. The highest BCUT2D eigenvalue weighted by Gasteiger charge is 2.26. The predicted molar refractivity (Wildman–Crippen MR) is 164 cm³/mol. The third-order valence-electron chi connectivity index (χ3n) is 8.95. The molecule has 0 aliphatic heterocycles. The van der Waals surface area contributed by atoms with Crippen molar-refractivity contribution in [3.8, 4) is 11.5 Å². The fourth-order valence-corrected chi connectivity index (χ4v) is 6.35. The maximum atomic E-state index is 10.8. The SMILES string of the molecule is CC[C@@H]1CCC[C@H]([C@H](O)C[C@H](O)CCc2ccc(O)c(O[C@H](CO)C[C@H](Cc3ccc[n-]3)c3ccnc(N)c3)c2)CC1. The van der Waals surface area contributed by atoms with Gasteiger partial charge < -0.3 is 35.9 Å². The summed E-state index contributed by atoms with van der Waals surface area (Å²) >= 11 is 0. The second kappa shape index (κ2) is 16.0. The van der Waals surface area contributed by atoms with Crippen LogP contribution in [0.25, 0.3) is 0 Å². The number of rotatable bonds is 15. The van der Waals surface area contributed by atoms with Crippen molar-refractivity contribution in [1.29, 1.82) is 0 Å². The van der Waals surface area contributed by atoms with Crippen LogP contribution >= 0.6 is 0 Å². The number of aliphatic hydroxyl groups excluding tert-OH is 3. The largest absolute Gasteiger partial charge is 0.668 e. The Morgan fingerprint density at radius 3 is 2.67 bits per heavy atom. The van der Waals surface area contributed by atoms with E-state index in [1.165, 1.54) is 19.3 Å². The number of aromatic hydroxyl groups is 1. The smallest absolute Gasteiger partial charge is 0.161 e. The minimum absolute atomic E-state index is 0.00526. The van der Waals surface area contributed by atoms with E-state index in [1.54, 1.807) is 24.5 Å². The van der Waals surface area contributed by atoms with Crippen molar-refractivity contribution in [2.75, 3.05) is 12.3 Å². The van der Waals surface area contributed by atoms with Crippen molar-refractivity contribution in [3.05, 3.63) is 71.7 Å². The molecular weight excluding hydrogens is 530 g/mol. The molecule has 6 N–H and O–H groups in total. The highest BCUT2D eigenvalue weighted by Crippen LogP contribution is 2.34. The van der Waals surface area contributed by atoms with E-state index < -0.39 is 18.3 Å². The van der Waals surface area contributed by atoms with E-state index in [0.717, 1.165) is 42.0 Å². The lowest BCUT2D eigenvalue weighted by Gasteiger charge is -2.26. The molecule has 0 unspecified atom stereocenters. The molecule has 2 aromatic heterocycles. The highest BCUT2D eigenvalue weighted by atomic mass is 16.5. The van der Waals surface area contributed by atoms with Crippen LogP contribution in [0.5, 0.6) is 11.5 Å². The standard InChI is InChI=1S/C34H48N3O5/c1-2-23-5-3-6-25(11-8-23)32(41)21-29(39)12-9-24-10-13-31(40)33(17-24)42-30(22-38)19-27(18-28-7-4-15-36-28)26-14-16-37-34(35)20-26/h4,7,10,13-17,20,23,25,27,29-30,32,38-41H,2-3,5-6,8-9,11-12,18-19,21-22H2,1H3,(H2,35,37)/q-1/t23-,25+,27+,29-,30+,32-/m1/s1. The van der Waals surface area contributed by atoms with E-state index in [1.807, 2.05) is 30.3 Å². The lowest BCUT2D eigenvalue weighted by atomic mass is 9.89. The number of nitrogens with two attached hydrogens (primary N) is 1. The quantitative estimate of drug-likeness (QED) is 0.156. The van der Waals surface area contributed by atoms with Crippen LogP contribution in [0.4, 0.5) is 5.82 Å². The van der Waals surface area contributed by atoms with Crippen LogP contribution in [0, 0.1) is 11.8 Å². The van der Waals surface area contributed by atoms with Gasteiger partial charge in [0.25, 0.3) is 0 Å². The Morgan fingerprint density at radius 1 is 1.07 bits per heavy atom. The monoisotopic (exact) mass is 578 g/mol. The van der Waals surface area contributed by atoms with Gasteiger partial charge in [0.15, 0.2) is 11.5 Å². The van der Waals surface area contributed by atoms with Crippen molar-refractivity contribution < 1.29 is 25.2 Å². The summed E-state index contributed by atoms with van der Waals surface area (Å²) < 4.78 is 6.15. The van der Waals surface area contributed by atoms with Gasteiger partial charge in [0.05, 0.1) is 18.8 Å². The molecule has 3 aromatic rings. The highest BCUT2D eigenvalue weighted by molar-refractivity contribution is 5.42. The molecule has 42 heavy (non-hydrogen) atoms. The van der Waals surface area contributed by atoms with Gasteiger partial charge in [0, 0.05) is 6.20 Å². The first-order valence-corrected chi connectivity index (χ1v) is 15.6. The molecule has 0 radical (unpaired) electrons. The van der Waals surface area contributed by atoms with Gasteiger partial charge in [-0.2, -0.15) is 11.9 Å².